The number of H-pyrrole nitrogens is 1. The number of rotatable bonds is 10. The first kappa shape index (κ1) is 18.0. The molecule has 0 unspecified atom stereocenters. The maximum absolute atomic E-state index is 11.4. The van der Waals surface area contributed by atoms with Crippen molar-refractivity contribution >= 4 is 5.91 Å². The number of aromatic amines is 1. The molecule has 2 rings (SSSR count). The smallest absolute Gasteiger partial charge is 0.283 e. The number of hydrazine groups is 1. The zero-order valence-corrected chi connectivity index (χ0v) is 14.2. The highest BCUT2D eigenvalue weighted by Crippen LogP contribution is 2.21. The molecular weight excluding hydrogens is 304 g/mol. The Morgan fingerprint density at radius 3 is 2.58 bits per heavy atom. The molecule has 0 aliphatic heterocycles. The first-order valence-corrected chi connectivity index (χ1v) is 8.54. The zero-order chi connectivity index (χ0) is 17.2. The molecule has 1 aromatic heterocycles. The Morgan fingerprint density at radius 2 is 1.88 bits per heavy atom. The number of nitrogens with zero attached hydrogens (tertiary/aromatic N) is 1. The molecule has 0 spiro atoms. The van der Waals surface area contributed by atoms with Gasteiger partial charge in [0.2, 0.25) is 0 Å². The molecule has 1 aromatic carbocycles. The molecular formula is C18H26N4O2. The summed E-state index contributed by atoms with van der Waals surface area (Å²) in [6.45, 7) is 2.97. The van der Waals surface area contributed by atoms with E-state index in [0.717, 1.165) is 24.3 Å². The standard InChI is InChI=1S/C18H26N4O2/c1-2-3-4-5-6-7-12-24-15-10-8-14(9-11-15)16-13-17(22-21-16)18(23)20-19/h8-11,13H,2-7,12,19H2,1H3,(H,20,23)(H,21,22). The SMILES string of the molecule is CCCCCCCCOc1ccc(-c2cc(C(=O)NN)[nH]n2)cc1. The lowest BCUT2D eigenvalue weighted by Gasteiger charge is -2.06. The molecule has 1 amide bonds. The van der Waals surface area contributed by atoms with Gasteiger partial charge in [-0.2, -0.15) is 5.10 Å². The first-order chi connectivity index (χ1) is 11.7. The van der Waals surface area contributed by atoms with Crippen LogP contribution in [-0.2, 0) is 0 Å². The highest BCUT2D eigenvalue weighted by atomic mass is 16.5. The minimum absolute atomic E-state index is 0.330. The van der Waals surface area contributed by atoms with Gasteiger partial charge < -0.3 is 4.74 Å². The second-order valence-electron chi connectivity index (χ2n) is 5.78. The second-order valence-corrected chi connectivity index (χ2v) is 5.78. The topological polar surface area (TPSA) is 93.0 Å². The molecule has 24 heavy (non-hydrogen) atoms. The number of hydrogen-bond donors (Lipinski definition) is 3. The lowest BCUT2D eigenvalue weighted by Crippen LogP contribution is -2.30. The lowest BCUT2D eigenvalue weighted by atomic mass is 10.1. The molecule has 0 fully saturated rings. The average molecular weight is 330 g/mol. The summed E-state index contributed by atoms with van der Waals surface area (Å²) < 4.78 is 5.76. The van der Waals surface area contributed by atoms with Crippen LogP contribution < -0.4 is 16.0 Å². The minimum Gasteiger partial charge on any atom is -0.494 e. The molecule has 0 saturated carbocycles. The van der Waals surface area contributed by atoms with Crippen molar-refractivity contribution in [3.8, 4) is 17.0 Å². The van der Waals surface area contributed by atoms with Crippen molar-refractivity contribution in [2.24, 2.45) is 5.84 Å². The Hall–Kier alpha value is -2.34. The van der Waals surface area contributed by atoms with Gasteiger partial charge in [0.25, 0.3) is 5.91 Å². The maximum Gasteiger partial charge on any atom is 0.283 e. The fourth-order valence-electron chi connectivity index (χ4n) is 2.46. The van der Waals surface area contributed by atoms with Crippen LogP contribution in [0.1, 0.15) is 55.9 Å². The van der Waals surface area contributed by atoms with Gasteiger partial charge in [-0.3, -0.25) is 15.3 Å². The van der Waals surface area contributed by atoms with E-state index in [2.05, 4.69) is 22.5 Å². The Morgan fingerprint density at radius 1 is 1.17 bits per heavy atom. The molecule has 0 saturated heterocycles. The van der Waals surface area contributed by atoms with Gasteiger partial charge in [0, 0.05) is 5.56 Å². The molecule has 0 atom stereocenters. The number of amides is 1. The number of ether oxygens (including phenoxy) is 1. The third-order valence-corrected chi connectivity index (χ3v) is 3.87. The summed E-state index contributed by atoms with van der Waals surface area (Å²) in [6.07, 6.45) is 7.51. The summed E-state index contributed by atoms with van der Waals surface area (Å²) in [6, 6.07) is 9.36. The Labute approximate surface area is 142 Å². The van der Waals surface area contributed by atoms with Crippen molar-refractivity contribution in [3.63, 3.8) is 0 Å². The van der Waals surface area contributed by atoms with Crippen LogP contribution in [-0.4, -0.2) is 22.7 Å². The largest absolute Gasteiger partial charge is 0.494 e. The molecule has 0 radical (unpaired) electrons. The van der Waals surface area contributed by atoms with Gasteiger partial charge in [-0.05, 0) is 36.8 Å². The van der Waals surface area contributed by atoms with Crippen LogP contribution >= 0.6 is 0 Å². The number of unbranched alkanes of at least 4 members (excludes halogenated alkanes) is 5. The second kappa shape index (κ2) is 9.72. The van der Waals surface area contributed by atoms with Crippen molar-refractivity contribution < 1.29 is 9.53 Å². The van der Waals surface area contributed by atoms with E-state index in [1.165, 1.54) is 32.1 Å². The average Bonchev–Trinajstić information content (AvgIpc) is 3.11. The van der Waals surface area contributed by atoms with Crippen LogP contribution in [0, 0.1) is 0 Å². The van der Waals surface area contributed by atoms with Gasteiger partial charge >= 0.3 is 0 Å². The molecule has 6 nitrogen and oxygen atoms in total. The predicted molar refractivity (Wildman–Crippen MR) is 94.5 cm³/mol. The van der Waals surface area contributed by atoms with E-state index in [0.29, 0.717) is 11.4 Å². The van der Waals surface area contributed by atoms with Crippen LogP contribution in [0.15, 0.2) is 30.3 Å². The van der Waals surface area contributed by atoms with E-state index in [4.69, 9.17) is 10.6 Å². The number of aromatic nitrogens is 2. The van der Waals surface area contributed by atoms with Crippen molar-refractivity contribution in [3.05, 3.63) is 36.0 Å². The third-order valence-electron chi connectivity index (χ3n) is 3.87. The molecule has 0 aliphatic rings. The van der Waals surface area contributed by atoms with Crippen LogP contribution in [0.25, 0.3) is 11.3 Å². The maximum atomic E-state index is 11.4. The van der Waals surface area contributed by atoms with Crippen LogP contribution in [0.3, 0.4) is 0 Å². The Kier molecular flexibility index (Phi) is 7.29. The Bertz CT molecular complexity index is 622. The Balaban J connectivity index is 1.78. The summed E-state index contributed by atoms with van der Waals surface area (Å²) in [5.74, 6) is 5.55. The molecule has 0 bridgehead atoms. The van der Waals surface area contributed by atoms with E-state index >= 15 is 0 Å². The number of nitrogens with two attached hydrogens (primary N) is 1. The summed E-state index contributed by atoms with van der Waals surface area (Å²) in [5.41, 5.74) is 4.00. The van der Waals surface area contributed by atoms with E-state index in [1.54, 1.807) is 6.07 Å². The van der Waals surface area contributed by atoms with Gasteiger partial charge in [0.15, 0.2) is 0 Å². The summed E-state index contributed by atoms with van der Waals surface area (Å²) in [7, 11) is 0. The van der Waals surface area contributed by atoms with Crippen molar-refractivity contribution in [2.75, 3.05) is 6.61 Å². The summed E-state index contributed by atoms with van der Waals surface area (Å²) >= 11 is 0. The molecule has 4 N–H and O–H groups in total. The number of nitrogens with one attached hydrogen (secondary N) is 2. The van der Waals surface area contributed by atoms with Crippen molar-refractivity contribution in [1.29, 1.82) is 0 Å². The van der Waals surface area contributed by atoms with Gasteiger partial charge in [-0.25, -0.2) is 5.84 Å². The zero-order valence-electron chi connectivity index (χ0n) is 14.2. The fraction of sp³-hybridized carbons (Fsp3) is 0.444. The molecule has 130 valence electrons. The molecule has 0 aliphatic carbocycles. The van der Waals surface area contributed by atoms with E-state index in [-0.39, 0.29) is 0 Å². The van der Waals surface area contributed by atoms with Gasteiger partial charge in [-0.1, -0.05) is 39.0 Å². The van der Waals surface area contributed by atoms with E-state index < -0.39 is 5.91 Å². The number of hydrogen-bond acceptors (Lipinski definition) is 4. The van der Waals surface area contributed by atoms with Gasteiger partial charge in [-0.15, -0.1) is 0 Å². The van der Waals surface area contributed by atoms with Crippen LogP contribution in [0.4, 0.5) is 0 Å². The van der Waals surface area contributed by atoms with Gasteiger partial charge in [0.05, 0.1) is 12.3 Å². The number of nitrogen functional groups attached to an aromatic ring is 1. The molecule has 2 aromatic rings. The van der Waals surface area contributed by atoms with E-state index in [9.17, 15) is 4.79 Å². The number of carbonyl (C=O) groups excluding carboxylic acids is 1. The summed E-state index contributed by atoms with van der Waals surface area (Å²) in [4.78, 5) is 11.4. The predicted octanol–water partition coefficient (Wildman–Crippen LogP) is 3.42. The van der Waals surface area contributed by atoms with Gasteiger partial charge in [0.1, 0.15) is 11.4 Å². The highest BCUT2D eigenvalue weighted by molar-refractivity contribution is 5.92. The van der Waals surface area contributed by atoms with Crippen molar-refractivity contribution in [1.82, 2.24) is 15.6 Å². The molecule has 6 heteroatoms. The number of carbonyl (C=O) groups is 1. The summed E-state index contributed by atoms with van der Waals surface area (Å²) in [5, 5.41) is 6.77. The normalized spacial score (nSPS) is 10.6. The van der Waals surface area contributed by atoms with Crippen LogP contribution in [0.5, 0.6) is 5.75 Å². The lowest BCUT2D eigenvalue weighted by molar-refractivity contribution is 0.0948. The number of benzene rings is 1. The quantitative estimate of drug-likeness (QED) is 0.269. The van der Waals surface area contributed by atoms with E-state index in [1.807, 2.05) is 24.3 Å². The minimum atomic E-state index is -0.396. The highest BCUT2D eigenvalue weighted by Gasteiger charge is 2.09. The fourth-order valence-corrected chi connectivity index (χ4v) is 2.46. The molecule has 1 heterocycles. The van der Waals surface area contributed by atoms with Crippen LogP contribution in [0.2, 0.25) is 0 Å². The van der Waals surface area contributed by atoms with Crippen molar-refractivity contribution in [2.45, 2.75) is 45.4 Å². The first-order valence-electron chi connectivity index (χ1n) is 8.54. The third kappa shape index (κ3) is 5.38. The monoisotopic (exact) mass is 330 g/mol.